The standard InChI is InChI=1S/C10H10FNO3S/c1-8-10(11)6-5-9(12-8)4-3-7-15-16(2,13)14/h5-6H,7H2,1-2H3. The van der Waals surface area contributed by atoms with E-state index in [1.54, 1.807) is 0 Å². The lowest BCUT2D eigenvalue weighted by atomic mass is 10.3. The predicted octanol–water partition coefficient (Wildman–Crippen LogP) is 0.857. The number of aryl methyl sites for hydroxylation is 1. The first-order valence-corrected chi connectivity index (χ1v) is 6.16. The monoisotopic (exact) mass is 243 g/mol. The van der Waals surface area contributed by atoms with E-state index in [0.717, 1.165) is 6.26 Å². The number of aromatic nitrogens is 1. The maximum Gasteiger partial charge on any atom is 0.265 e. The lowest BCUT2D eigenvalue weighted by Crippen LogP contribution is -2.02. The highest BCUT2D eigenvalue weighted by Gasteiger charge is 1.99. The average Bonchev–Trinajstić information content (AvgIpc) is 2.17. The van der Waals surface area contributed by atoms with Crippen molar-refractivity contribution in [3.05, 3.63) is 29.3 Å². The molecule has 0 aromatic carbocycles. The topological polar surface area (TPSA) is 56.3 Å². The molecule has 0 spiro atoms. The zero-order valence-corrected chi connectivity index (χ0v) is 9.64. The molecule has 0 unspecified atom stereocenters. The molecule has 0 aliphatic heterocycles. The molecule has 6 heteroatoms. The zero-order chi connectivity index (χ0) is 12.2. The Kier molecular flexibility index (Phi) is 3.99. The van der Waals surface area contributed by atoms with Crippen molar-refractivity contribution in [3.63, 3.8) is 0 Å². The first kappa shape index (κ1) is 12.6. The molecule has 0 aliphatic carbocycles. The van der Waals surface area contributed by atoms with Crippen LogP contribution in [0.1, 0.15) is 11.4 Å². The minimum Gasteiger partial charge on any atom is -0.257 e. The average molecular weight is 243 g/mol. The van der Waals surface area contributed by atoms with Crippen LogP contribution in [0.4, 0.5) is 4.39 Å². The Morgan fingerprint density at radius 3 is 2.75 bits per heavy atom. The van der Waals surface area contributed by atoms with Gasteiger partial charge in [0.2, 0.25) is 0 Å². The summed E-state index contributed by atoms with van der Waals surface area (Å²) in [4.78, 5) is 3.85. The van der Waals surface area contributed by atoms with E-state index in [1.807, 2.05) is 0 Å². The lowest BCUT2D eigenvalue weighted by Gasteiger charge is -1.95. The van der Waals surface area contributed by atoms with Crippen molar-refractivity contribution < 1.29 is 17.0 Å². The maximum absolute atomic E-state index is 12.8. The minimum absolute atomic E-state index is 0.239. The number of hydrogen-bond acceptors (Lipinski definition) is 4. The van der Waals surface area contributed by atoms with Crippen molar-refractivity contribution in [2.24, 2.45) is 0 Å². The minimum atomic E-state index is -3.48. The van der Waals surface area contributed by atoms with Crippen molar-refractivity contribution in [3.8, 4) is 11.8 Å². The van der Waals surface area contributed by atoms with Gasteiger partial charge in [-0.3, -0.25) is 4.18 Å². The van der Waals surface area contributed by atoms with E-state index in [2.05, 4.69) is 21.0 Å². The summed E-state index contributed by atoms with van der Waals surface area (Å²) in [5, 5.41) is 0. The van der Waals surface area contributed by atoms with Crippen LogP contribution in [-0.2, 0) is 14.3 Å². The van der Waals surface area contributed by atoms with Gasteiger partial charge in [0, 0.05) is 0 Å². The third kappa shape index (κ3) is 4.38. The van der Waals surface area contributed by atoms with Crippen molar-refractivity contribution in [1.82, 2.24) is 4.98 Å². The van der Waals surface area contributed by atoms with E-state index >= 15 is 0 Å². The summed E-state index contributed by atoms with van der Waals surface area (Å²) >= 11 is 0. The van der Waals surface area contributed by atoms with Gasteiger partial charge in [-0.1, -0.05) is 5.92 Å². The fourth-order valence-electron chi connectivity index (χ4n) is 0.877. The number of nitrogens with zero attached hydrogens (tertiary/aromatic N) is 1. The van der Waals surface area contributed by atoms with E-state index in [9.17, 15) is 12.8 Å². The van der Waals surface area contributed by atoms with Gasteiger partial charge in [-0.05, 0) is 25.0 Å². The maximum atomic E-state index is 12.8. The van der Waals surface area contributed by atoms with Crippen LogP contribution in [0, 0.1) is 24.6 Å². The van der Waals surface area contributed by atoms with Crippen molar-refractivity contribution >= 4 is 10.1 Å². The van der Waals surface area contributed by atoms with E-state index in [0.29, 0.717) is 5.69 Å². The number of pyridine rings is 1. The molecule has 0 saturated heterocycles. The molecule has 0 aliphatic rings. The Labute approximate surface area is 93.6 Å². The highest BCUT2D eigenvalue weighted by molar-refractivity contribution is 7.85. The van der Waals surface area contributed by atoms with Crippen molar-refractivity contribution in [2.45, 2.75) is 6.92 Å². The van der Waals surface area contributed by atoms with E-state index < -0.39 is 15.9 Å². The van der Waals surface area contributed by atoms with Crippen LogP contribution in [0.3, 0.4) is 0 Å². The second-order valence-corrected chi connectivity index (χ2v) is 4.68. The van der Waals surface area contributed by atoms with Crippen molar-refractivity contribution in [2.75, 3.05) is 12.9 Å². The van der Waals surface area contributed by atoms with Crippen molar-refractivity contribution in [1.29, 1.82) is 0 Å². The number of halogens is 1. The summed E-state index contributed by atoms with van der Waals surface area (Å²) in [6, 6.07) is 2.67. The Morgan fingerprint density at radius 1 is 1.50 bits per heavy atom. The third-order valence-corrected chi connectivity index (χ3v) is 2.13. The van der Waals surface area contributed by atoms with Gasteiger partial charge < -0.3 is 0 Å². The van der Waals surface area contributed by atoms with Gasteiger partial charge in [-0.25, -0.2) is 9.37 Å². The van der Waals surface area contributed by atoms with Crippen LogP contribution < -0.4 is 0 Å². The molecule has 0 saturated carbocycles. The second-order valence-electron chi connectivity index (χ2n) is 3.03. The summed E-state index contributed by atoms with van der Waals surface area (Å²) in [6.45, 7) is 1.28. The van der Waals surface area contributed by atoms with Gasteiger partial charge in [0.15, 0.2) is 0 Å². The molecule has 86 valence electrons. The predicted molar refractivity (Wildman–Crippen MR) is 56.6 cm³/mol. The molecular formula is C10H10FNO3S. The van der Waals surface area contributed by atoms with Crippen LogP contribution in [0.15, 0.2) is 12.1 Å². The van der Waals surface area contributed by atoms with Crippen LogP contribution >= 0.6 is 0 Å². The summed E-state index contributed by atoms with van der Waals surface area (Å²) in [6.07, 6.45) is 0.939. The fourth-order valence-corrected chi connectivity index (χ4v) is 1.15. The quantitative estimate of drug-likeness (QED) is 0.571. The highest BCUT2D eigenvalue weighted by Crippen LogP contribution is 2.02. The molecule has 1 aromatic rings. The zero-order valence-electron chi connectivity index (χ0n) is 8.82. The molecular weight excluding hydrogens is 233 g/mol. The van der Waals surface area contributed by atoms with Crippen LogP contribution in [0.2, 0.25) is 0 Å². The van der Waals surface area contributed by atoms with Gasteiger partial charge in [-0.2, -0.15) is 8.42 Å². The summed E-state index contributed by atoms with van der Waals surface area (Å²) in [7, 11) is -3.48. The fraction of sp³-hybridized carbons (Fsp3) is 0.300. The molecule has 1 heterocycles. The Balaban J connectivity index is 2.67. The molecule has 0 fully saturated rings. The Hall–Kier alpha value is -1.45. The molecule has 0 N–H and O–H groups in total. The molecule has 0 amide bonds. The van der Waals surface area contributed by atoms with E-state index in [4.69, 9.17) is 0 Å². The Bertz CT molecular complexity index is 543. The van der Waals surface area contributed by atoms with Gasteiger partial charge >= 0.3 is 0 Å². The molecule has 1 aromatic heterocycles. The molecule has 4 nitrogen and oxygen atoms in total. The molecule has 16 heavy (non-hydrogen) atoms. The van der Waals surface area contributed by atoms with Gasteiger partial charge in [0.1, 0.15) is 18.1 Å². The largest absolute Gasteiger partial charge is 0.265 e. The van der Waals surface area contributed by atoms with E-state index in [1.165, 1.54) is 19.1 Å². The molecule has 1 rings (SSSR count). The van der Waals surface area contributed by atoms with Gasteiger partial charge in [0.25, 0.3) is 10.1 Å². The molecule has 0 bridgehead atoms. The SMILES string of the molecule is Cc1nc(C#CCOS(C)(=O)=O)ccc1F. The lowest BCUT2D eigenvalue weighted by molar-refractivity contribution is 0.368. The van der Waals surface area contributed by atoms with Gasteiger partial charge in [-0.15, -0.1) is 0 Å². The smallest absolute Gasteiger partial charge is 0.257 e. The first-order valence-electron chi connectivity index (χ1n) is 4.35. The number of hydrogen-bond donors (Lipinski definition) is 0. The highest BCUT2D eigenvalue weighted by atomic mass is 32.2. The second kappa shape index (κ2) is 5.05. The summed E-state index contributed by atoms with van der Waals surface area (Å²) in [5.41, 5.74) is 0.617. The normalized spacial score (nSPS) is 10.7. The van der Waals surface area contributed by atoms with E-state index in [-0.39, 0.29) is 12.3 Å². The molecule has 0 atom stereocenters. The van der Waals surface area contributed by atoms with Crippen LogP contribution in [0.25, 0.3) is 0 Å². The third-order valence-electron chi connectivity index (χ3n) is 1.58. The summed E-state index contributed by atoms with van der Waals surface area (Å²) < 4.78 is 38.4. The van der Waals surface area contributed by atoms with Crippen LogP contribution in [-0.4, -0.2) is 26.3 Å². The Morgan fingerprint density at radius 2 is 2.19 bits per heavy atom. The number of rotatable bonds is 2. The summed E-state index contributed by atoms with van der Waals surface area (Å²) in [5.74, 6) is 4.63. The van der Waals surface area contributed by atoms with Gasteiger partial charge in [0.05, 0.1) is 11.9 Å². The first-order chi connectivity index (χ1) is 7.38. The van der Waals surface area contributed by atoms with Crippen LogP contribution in [0.5, 0.6) is 0 Å². The molecule has 0 radical (unpaired) electrons.